The first-order valence-corrected chi connectivity index (χ1v) is 13.3. The van der Waals surface area contributed by atoms with Gasteiger partial charge in [-0.2, -0.15) is 11.8 Å². The van der Waals surface area contributed by atoms with E-state index in [1.54, 1.807) is 0 Å². The van der Waals surface area contributed by atoms with E-state index in [4.69, 9.17) is 17.2 Å². The van der Waals surface area contributed by atoms with Crippen LogP contribution < -0.4 is 33.2 Å². The number of hydrogen-bond donors (Lipinski definition) is 8. The van der Waals surface area contributed by atoms with E-state index >= 15 is 0 Å². The summed E-state index contributed by atoms with van der Waals surface area (Å²) in [5, 5.41) is 17.1. The molecule has 37 heavy (non-hydrogen) atoms. The molecule has 0 aromatic carbocycles. The van der Waals surface area contributed by atoms with Crippen molar-refractivity contribution in [2.45, 2.75) is 69.1 Å². The van der Waals surface area contributed by atoms with Gasteiger partial charge in [-0.1, -0.05) is 6.42 Å². The summed E-state index contributed by atoms with van der Waals surface area (Å²) in [4.78, 5) is 68.2. The van der Waals surface area contributed by atoms with Gasteiger partial charge in [-0.3, -0.25) is 19.2 Å². The summed E-state index contributed by atoms with van der Waals surface area (Å²) < 4.78 is 0. The number of nitrogens with zero attached hydrogens (tertiary/aromatic N) is 1. The van der Waals surface area contributed by atoms with Crippen molar-refractivity contribution in [3.05, 3.63) is 18.2 Å². The summed E-state index contributed by atoms with van der Waals surface area (Å²) in [5.74, 6) is -3.45. The lowest BCUT2D eigenvalue weighted by molar-refractivity contribution is -0.142. The lowest BCUT2D eigenvalue weighted by Crippen LogP contribution is -2.57. The van der Waals surface area contributed by atoms with Crippen LogP contribution in [0, 0.1) is 0 Å². The first kappa shape index (κ1) is 31.9. The Morgan fingerprint density at radius 2 is 1.62 bits per heavy atom. The Balaban J connectivity index is 2.95. The minimum Gasteiger partial charge on any atom is -0.480 e. The van der Waals surface area contributed by atoms with Gasteiger partial charge in [0.15, 0.2) is 0 Å². The zero-order valence-corrected chi connectivity index (χ0v) is 21.7. The molecule has 0 aliphatic rings. The predicted molar refractivity (Wildman–Crippen MR) is 138 cm³/mol. The molecular weight excluding hydrogens is 504 g/mol. The van der Waals surface area contributed by atoms with Crippen LogP contribution in [0.5, 0.6) is 0 Å². The Bertz CT molecular complexity index is 885. The zero-order valence-electron chi connectivity index (χ0n) is 20.9. The van der Waals surface area contributed by atoms with Crippen LogP contribution in [0.1, 0.15) is 44.2 Å². The number of nitrogens with two attached hydrogens (primary N) is 3. The molecule has 14 nitrogen and oxygen atoms in total. The molecule has 1 aromatic rings. The molecule has 11 N–H and O–H groups in total. The molecule has 4 unspecified atom stereocenters. The van der Waals surface area contributed by atoms with Crippen molar-refractivity contribution in [3.63, 3.8) is 0 Å². The van der Waals surface area contributed by atoms with Crippen LogP contribution in [0.3, 0.4) is 0 Å². The number of aromatic nitrogens is 2. The summed E-state index contributed by atoms with van der Waals surface area (Å²) >= 11 is 1.46. The predicted octanol–water partition coefficient (Wildman–Crippen LogP) is -2.03. The smallest absolute Gasteiger partial charge is 0.326 e. The van der Waals surface area contributed by atoms with Crippen LogP contribution in [0.25, 0.3) is 0 Å². The van der Waals surface area contributed by atoms with Crippen molar-refractivity contribution in [2.75, 3.05) is 18.6 Å². The Kier molecular flexibility index (Phi) is 14.9. The number of carbonyl (C=O) groups excluding carboxylic acids is 4. The molecule has 208 valence electrons. The van der Waals surface area contributed by atoms with E-state index in [1.807, 2.05) is 6.26 Å². The maximum Gasteiger partial charge on any atom is 0.326 e. The van der Waals surface area contributed by atoms with E-state index in [1.165, 1.54) is 24.3 Å². The molecule has 0 saturated carbocycles. The minimum atomic E-state index is -1.32. The number of H-pyrrole nitrogens is 1. The number of imidazole rings is 1. The molecule has 1 rings (SSSR count). The molecule has 15 heteroatoms. The highest BCUT2D eigenvalue weighted by molar-refractivity contribution is 7.98. The van der Waals surface area contributed by atoms with Crippen LogP contribution in [0.4, 0.5) is 0 Å². The highest BCUT2D eigenvalue weighted by atomic mass is 32.2. The number of carbonyl (C=O) groups is 5. The number of rotatable bonds is 19. The number of amides is 4. The third-order valence-corrected chi connectivity index (χ3v) is 6.10. The number of aliphatic carboxylic acids is 1. The number of primary amides is 1. The second-order valence-electron chi connectivity index (χ2n) is 8.48. The van der Waals surface area contributed by atoms with Crippen LogP contribution in [0.2, 0.25) is 0 Å². The largest absolute Gasteiger partial charge is 0.480 e. The van der Waals surface area contributed by atoms with Crippen molar-refractivity contribution < 1.29 is 29.1 Å². The molecule has 1 heterocycles. The standard InChI is InChI=1S/C22H38N8O6S/c1-37-9-7-16(28-19(32)14(24)4-2-3-8-23)21(34)29-15(5-6-18(25)31)20(33)30-17(22(35)36)10-13-11-26-12-27-13/h11-12,14-17H,2-10,23-24H2,1H3,(H2,25,31)(H,26,27)(H,28,32)(H,29,34)(H,30,33)(H,35,36). The molecule has 0 bridgehead atoms. The molecule has 0 spiro atoms. The van der Waals surface area contributed by atoms with E-state index in [0.29, 0.717) is 37.3 Å². The van der Waals surface area contributed by atoms with Gasteiger partial charge in [-0.25, -0.2) is 9.78 Å². The maximum atomic E-state index is 13.1. The quantitative estimate of drug-likeness (QED) is 0.0890. The van der Waals surface area contributed by atoms with Crippen molar-refractivity contribution in [1.29, 1.82) is 0 Å². The van der Waals surface area contributed by atoms with Gasteiger partial charge in [0.25, 0.3) is 0 Å². The Labute approximate surface area is 219 Å². The lowest BCUT2D eigenvalue weighted by atomic mass is 10.1. The van der Waals surface area contributed by atoms with E-state index < -0.39 is 53.8 Å². The Hall–Kier alpha value is -3.17. The van der Waals surface area contributed by atoms with E-state index in [-0.39, 0.29) is 25.7 Å². The fraction of sp³-hybridized carbons (Fsp3) is 0.636. The first-order valence-electron chi connectivity index (χ1n) is 11.9. The molecule has 1 aromatic heterocycles. The number of carboxylic acids is 1. The number of aromatic amines is 1. The molecule has 0 fully saturated rings. The summed E-state index contributed by atoms with van der Waals surface area (Å²) in [6.07, 6.45) is 6.20. The topological polar surface area (TPSA) is 248 Å². The van der Waals surface area contributed by atoms with Gasteiger partial charge in [-0.15, -0.1) is 0 Å². The second kappa shape index (κ2) is 17.3. The van der Waals surface area contributed by atoms with Crippen LogP contribution in [-0.4, -0.2) is 87.4 Å². The van der Waals surface area contributed by atoms with E-state index in [9.17, 15) is 29.1 Å². The highest BCUT2D eigenvalue weighted by Crippen LogP contribution is 2.07. The normalized spacial score (nSPS) is 14.1. The number of hydrogen-bond acceptors (Lipinski definition) is 9. The van der Waals surface area contributed by atoms with E-state index in [2.05, 4.69) is 25.9 Å². The van der Waals surface area contributed by atoms with Crippen molar-refractivity contribution >= 4 is 41.4 Å². The van der Waals surface area contributed by atoms with Crippen LogP contribution in [-0.2, 0) is 30.4 Å². The molecule has 0 radical (unpaired) electrons. The summed E-state index contributed by atoms with van der Waals surface area (Å²) in [6.45, 7) is 0.479. The summed E-state index contributed by atoms with van der Waals surface area (Å²) in [5.41, 5.74) is 17.1. The third kappa shape index (κ3) is 12.6. The molecular formula is C22H38N8O6S. The van der Waals surface area contributed by atoms with E-state index in [0.717, 1.165) is 0 Å². The fourth-order valence-electron chi connectivity index (χ4n) is 3.34. The SMILES string of the molecule is CSCCC(NC(=O)C(N)CCCCN)C(=O)NC(CCC(N)=O)C(=O)NC(Cc1cnc[nH]1)C(=O)O. The average Bonchev–Trinajstić information content (AvgIpc) is 3.36. The van der Waals surface area contributed by atoms with Crippen molar-refractivity contribution in [3.8, 4) is 0 Å². The van der Waals surface area contributed by atoms with Gasteiger partial charge in [-0.05, 0) is 44.2 Å². The monoisotopic (exact) mass is 542 g/mol. The molecule has 0 aliphatic heterocycles. The van der Waals surface area contributed by atoms with Gasteiger partial charge in [0.05, 0.1) is 12.4 Å². The first-order chi connectivity index (χ1) is 17.6. The molecule has 4 atom stereocenters. The summed E-state index contributed by atoms with van der Waals surface area (Å²) in [6, 6.07) is -4.41. The van der Waals surface area contributed by atoms with Crippen LogP contribution in [0.15, 0.2) is 12.5 Å². The minimum absolute atomic E-state index is 0.0774. The number of carboxylic acid groups (broad SMARTS) is 1. The average molecular weight is 543 g/mol. The third-order valence-electron chi connectivity index (χ3n) is 5.46. The highest BCUT2D eigenvalue weighted by Gasteiger charge is 2.30. The Morgan fingerprint density at radius 3 is 2.16 bits per heavy atom. The zero-order chi connectivity index (χ0) is 27.8. The van der Waals surface area contributed by atoms with Gasteiger partial charge >= 0.3 is 5.97 Å². The fourth-order valence-corrected chi connectivity index (χ4v) is 3.81. The van der Waals surface area contributed by atoms with Crippen LogP contribution >= 0.6 is 11.8 Å². The summed E-state index contributed by atoms with van der Waals surface area (Å²) in [7, 11) is 0. The van der Waals surface area contributed by atoms with Gasteiger partial charge in [0.2, 0.25) is 23.6 Å². The van der Waals surface area contributed by atoms with Gasteiger partial charge in [0.1, 0.15) is 18.1 Å². The molecule has 4 amide bonds. The number of nitrogens with one attached hydrogen (secondary N) is 4. The second-order valence-corrected chi connectivity index (χ2v) is 9.47. The van der Waals surface area contributed by atoms with Gasteiger partial charge in [0, 0.05) is 24.7 Å². The number of unbranched alkanes of at least 4 members (excludes halogenated alkanes) is 1. The lowest BCUT2D eigenvalue weighted by Gasteiger charge is -2.25. The number of thioether (sulfide) groups is 1. The Morgan fingerprint density at radius 1 is 1.00 bits per heavy atom. The molecule has 0 aliphatic carbocycles. The van der Waals surface area contributed by atoms with Gasteiger partial charge < -0.3 is 43.2 Å². The van der Waals surface area contributed by atoms with Crippen molar-refractivity contribution in [2.24, 2.45) is 17.2 Å². The maximum absolute atomic E-state index is 13.1. The molecule has 0 saturated heterocycles. The van der Waals surface area contributed by atoms with Crippen molar-refractivity contribution in [1.82, 2.24) is 25.9 Å².